The van der Waals surface area contributed by atoms with Gasteiger partial charge in [0, 0.05) is 12.3 Å². The molecule has 3 atom stereocenters. The Hall–Kier alpha value is -1.37. The highest BCUT2D eigenvalue weighted by Crippen LogP contribution is 2.43. The highest BCUT2D eigenvalue weighted by Gasteiger charge is 2.38. The number of Topliss-reactive ketones (excluding diaryl/α,β-unsaturated/α-hetero) is 1. The molecule has 0 saturated heterocycles. The maximum atomic E-state index is 12.0. The largest absolute Gasteiger partial charge is 0.299 e. The van der Waals surface area contributed by atoms with Crippen molar-refractivity contribution in [1.29, 1.82) is 0 Å². The summed E-state index contributed by atoms with van der Waals surface area (Å²) in [7, 11) is 0. The van der Waals surface area contributed by atoms with Gasteiger partial charge in [-0.15, -0.1) is 0 Å². The molecule has 1 fully saturated rings. The normalized spacial score (nSPS) is 33.3. The maximum Gasteiger partial charge on any atom is 0.141 e. The molecule has 0 spiro atoms. The number of allylic oxidation sites excluding steroid dienone is 2. The highest BCUT2D eigenvalue weighted by atomic mass is 16.1. The van der Waals surface area contributed by atoms with Gasteiger partial charge in [-0.1, -0.05) is 42.5 Å². The standard InChI is InChI=1S/C14H14O/c15-13-9-10-6-7-12(8-10)14(13)11-4-2-1-3-5-11/h1-7,10,12,14H,8-9H2/t10-,12+,14+/m1/s1. The fourth-order valence-electron chi connectivity index (χ4n) is 2.92. The van der Waals surface area contributed by atoms with Gasteiger partial charge in [0.25, 0.3) is 0 Å². The molecule has 0 aliphatic heterocycles. The molecule has 15 heavy (non-hydrogen) atoms. The van der Waals surface area contributed by atoms with Crippen molar-refractivity contribution in [2.24, 2.45) is 11.8 Å². The number of carbonyl (C=O) groups excluding carboxylic acids is 1. The average molecular weight is 198 g/mol. The van der Waals surface area contributed by atoms with Crippen molar-refractivity contribution in [3.8, 4) is 0 Å². The summed E-state index contributed by atoms with van der Waals surface area (Å²) < 4.78 is 0. The third kappa shape index (κ3) is 1.43. The minimum atomic E-state index is 0.126. The molecule has 0 amide bonds. The number of fused-ring (bicyclic) bond motifs is 2. The minimum Gasteiger partial charge on any atom is -0.299 e. The molecule has 2 aliphatic rings. The summed E-state index contributed by atoms with van der Waals surface area (Å²) in [5.41, 5.74) is 1.19. The lowest BCUT2D eigenvalue weighted by atomic mass is 9.75. The molecular weight excluding hydrogens is 184 g/mol. The molecule has 1 aromatic rings. The SMILES string of the molecule is O=C1C[C@@H]2C=C[C@@H](C2)[C@@H]1c1ccccc1. The Morgan fingerprint density at radius 3 is 2.67 bits per heavy atom. The first-order valence-corrected chi connectivity index (χ1v) is 5.60. The highest BCUT2D eigenvalue weighted by molar-refractivity contribution is 5.88. The molecule has 76 valence electrons. The van der Waals surface area contributed by atoms with Crippen LogP contribution in [0, 0.1) is 11.8 Å². The lowest BCUT2D eigenvalue weighted by Gasteiger charge is -2.27. The molecule has 0 radical (unpaired) electrons. The zero-order valence-electron chi connectivity index (χ0n) is 8.60. The number of benzene rings is 1. The molecule has 0 unspecified atom stereocenters. The smallest absolute Gasteiger partial charge is 0.141 e. The van der Waals surface area contributed by atoms with Gasteiger partial charge in [-0.3, -0.25) is 4.79 Å². The van der Waals surface area contributed by atoms with Gasteiger partial charge in [-0.05, 0) is 23.8 Å². The van der Waals surface area contributed by atoms with Crippen molar-refractivity contribution in [2.45, 2.75) is 18.8 Å². The first-order valence-electron chi connectivity index (χ1n) is 5.60. The van der Waals surface area contributed by atoms with Crippen LogP contribution in [0.5, 0.6) is 0 Å². The van der Waals surface area contributed by atoms with E-state index in [0.29, 0.717) is 17.6 Å². The third-order valence-electron chi connectivity index (χ3n) is 3.60. The molecular formula is C14H14O. The van der Waals surface area contributed by atoms with Crippen LogP contribution < -0.4 is 0 Å². The summed E-state index contributed by atoms with van der Waals surface area (Å²) in [6, 6.07) is 10.2. The van der Waals surface area contributed by atoms with Crippen LogP contribution in [0.4, 0.5) is 0 Å². The second-order valence-electron chi connectivity index (χ2n) is 4.60. The van der Waals surface area contributed by atoms with Crippen LogP contribution in [0.2, 0.25) is 0 Å². The second kappa shape index (κ2) is 3.34. The van der Waals surface area contributed by atoms with Crippen molar-refractivity contribution in [2.75, 3.05) is 0 Å². The Bertz CT molecular complexity index is 405. The van der Waals surface area contributed by atoms with E-state index >= 15 is 0 Å². The van der Waals surface area contributed by atoms with Crippen molar-refractivity contribution in [1.82, 2.24) is 0 Å². The Morgan fingerprint density at radius 2 is 1.87 bits per heavy atom. The van der Waals surface area contributed by atoms with Crippen LogP contribution in [-0.2, 0) is 4.79 Å². The first-order chi connectivity index (χ1) is 7.34. The van der Waals surface area contributed by atoms with Gasteiger partial charge in [-0.25, -0.2) is 0 Å². The third-order valence-corrected chi connectivity index (χ3v) is 3.60. The van der Waals surface area contributed by atoms with E-state index in [1.54, 1.807) is 0 Å². The van der Waals surface area contributed by atoms with Gasteiger partial charge in [-0.2, -0.15) is 0 Å². The Kier molecular flexibility index (Phi) is 1.98. The van der Waals surface area contributed by atoms with E-state index in [0.717, 1.165) is 6.42 Å². The van der Waals surface area contributed by atoms with E-state index in [1.165, 1.54) is 12.0 Å². The summed E-state index contributed by atoms with van der Waals surface area (Å²) in [5, 5.41) is 0. The van der Waals surface area contributed by atoms with Crippen molar-refractivity contribution < 1.29 is 4.79 Å². The van der Waals surface area contributed by atoms with E-state index < -0.39 is 0 Å². The van der Waals surface area contributed by atoms with Crippen LogP contribution in [0.1, 0.15) is 24.3 Å². The number of carbonyl (C=O) groups is 1. The second-order valence-corrected chi connectivity index (χ2v) is 4.60. The van der Waals surface area contributed by atoms with E-state index in [2.05, 4.69) is 24.3 Å². The summed E-state index contributed by atoms with van der Waals surface area (Å²) in [6.45, 7) is 0. The molecule has 0 aromatic heterocycles. The van der Waals surface area contributed by atoms with E-state index in [1.807, 2.05) is 18.2 Å². The van der Waals surface area contributed by atoms with Gasteiger partial charge in [0.1, 0.15) is 5.78 Å². The van der Waals surface area contributed by atoms with Crippen LogP contribution in [0.15, 0.2) is 42.5 Å². The lowest BCUT2D eigenvalue weighted by Crippen LogP contribution is -2.26. The Labute approximate surface area is 89.8 Å². The molecule has 0 heterocycles. The summed E-state index contributed by atoms with van der Waals surface area (Å²) in [6.07, 6.45) is 6.39. The monoisotopic (exact) mass is 198 g/mol. The minimum absolute atomic E-state index is 0.126. The molecule has 1 saturated carbocycles. The average Bonchev–Trinajstić information content (AvgIpc) is 2.62. The maximum absolute atomic E-state index is 12.0. The van der Waals surface area contributed by atoms with Crippen LogP contribution in [-0.4, -0.2) is 5.78 Å². The fourth-order valence-corrected chi connectivity index (χ4v) is 2.92. The molecule has 0 N–H and O–H groups in total. The van der Waals surface area contributed by atoms with Crippen molar-refractivity contribution in [3.63, 3.8) is 0 Å². The lowest BCUT2D eigenvalue weighted by molar-refractivity contribution is -0.123. The van der Waals surface area contributed by atoms with Crippen molar-refractivity contribution in [3.05, 3.63) is 48.0 Å². The number of rotatable bonds is 1. The molecule has 1 nitrogen and oxygen atoms in total. The van der Waals surface area contributed by atoms with Crippen LogP contribution in [0.3, 0.4) is 0 Å². The van der Waals surface area contributed by atoms with Gasteiger partial charge in [0.15, 0.2) is 0 Å². The quantitative estimate of drug-likeness (QED) is 0.634. The zero-order valence-corrected chi connectivity index (χ0v) is 8.60. The molecule has 2 aliphatic carbocycles. The Morgan fingerprint density at radius 1 is 1.07 bits per heavy atom. The van der Waals surface area contributed by atoms with E-state index in [-0.39, 0.29) is 5.92 Å². The molecule has 3 rings (SSSR count). The Balaban J connectivity index is 1.98. The fraction of sp³-hybridized carbons (Fsp3) is 0.357. The van der Waals surface area contributed by atoms with Gasteiger partial charge in [0.2, 0.25) is 0 Å². The molecule has 1 aromatic carbocycles. The van der Waals surface area contributed by atoms with Gasteiger partial charge >= 0.3 is 0 Å². The topological polar surface area (TPSA) is 17.1 Å². The van der Waals surface area contributed by atoms with E-state index in [4.69, 9.17) is 0 Å². The first kappa shape index (κ1) is 8.90. The predicted molar refractivity (Wildman–Crippen MR) is 59.5 cm³/mol. The van der Waals surface area contributed by atoms with Gasteiger partial charge in [0.05, 0.1) is 0 Å². The van der Waals surface area contributed by atoms with Gasteiger partial charge < -0.3 is 0 Å². The summed E-state index contributed by atoms with van der Waals surface area (Å²) >= 11 is 0. The predicted octanol–water partition coefficient (Wildman–Crippen LogP) is 2.94. The van der Waals surface area contributed by atoms with Crippen LogP contribution >= 0.6 is 0 Å². The zero-order chi connectivity index (χ0) is 10.3. The number of hydrogen-bond acceptors (Lipinski definition) is 1. The summed E-state index contributed by atoms with van der Waals surface area (Å²) in [5.74, 6) is 1.54. The summed E-state index contributed by atoms with van der Waals surface area (Å²) in [4.78, 5) is 12.0. The van der Waals surface area contributed by atoms with E-state index in [9.17, 15) is 4.79 Å². The van der Waals surface area contributed by atoms with Crippen molar-refractivity contribution >= 4 is 5.78 Å². The molecule has 1 heteroatoms. The number of ketones is 1. The molecule has 2 bridgehead atoms. The van der Waals surface area contributed by atoms with Crippen LogP contribution in [0.25, 0.3) is 0 Å². The number of hydrogen-bond donors (Lipinski definition) is 0.